The number of para-hydroxylation sites is 1. The van der Waals surface area contributed by atoms with Crippen molar-refractivity contribution in [3.8, 4) is 5.75 Å². The molecule has 2 unspecified atom stereocenters. The second-order valence-electron chi connectivity index (χ2n) is 5.28. The Morgan fingerprint density at radius 2 is 2.30 bits per heavy atom. The summed E-state index contributed by atoms with van der Waals surface area (Å²) in [7, 11) is 0. The third kappa shape index (κ3) is 2.03. The Hall–Kier alpha value is -1.39. The maximum Gasteiger partial charge on any atom is 0.124 e. The molecular formula is C16H20N2OS. The molecule has 0 saturated heterocycles. The third-order valence-electron chi connectivity index (χ3n) is 3.96. The van der Waals surface area contributed by atoms with Crippen molar-refractivity contribution in [2.75, 3.05) is 13.2 Å². The highest BCUT2D eigenvalue weighted by molar-refractivity contribution is 7.09. The van der Waals surface area contributed by atoms with Crippen LogP contribution in [0.2, 0.25) is 0 Å². The summed E-state index contributed by atoms with van der Waals surface area (Å²) in [5.41, 5.74) is 0.987. The number of nitrogens with zero attached hydrogens (tertiary/aromatic N) is 1. The topological polar surface area (TPSA) is 34.2 Å². The molecule has 0 radical (unpaired) electrons. The average molecular weight is 288 g/mol. The number of hydrogen-bond donors (Lipinski definition) is 1. The molecule has 0 bridgehead atoms. The molecular weight excluding hydrogens is 268 g/mol. The maximum atomic E-state index is 5.91. The summed E-state index contributed by atoms with van der Waals surface area (Å²) in [5, 5.41) is 6.95. The van der Waals surface area contributed by atoms with Gasteiger partial charge in [0.25, 0.3) is 0 Å². The van der Waals surface area contributed by atoms with Crippen molar-refractivity contribution in [1.82, 2.24) is 10.3 Å². The fourth-order valence-electron chi connectivity index (χ4n) is 2.93. The van der Waals surface area contributed by atoms with Gasteiger partial charge in [-0.05, 0) is 19.0 Å². The predicted molar refractivity (Wildman–Crippen MR) is 82.3 cm³/mol. The SMILES string of the molecule is CCCNC1(c2nccs2)c2ccccc2OCC1C. The maximum absolute atomic E-state index is 5.91. The van der Waals surface area contributed by atoms with E-state index in [-0.39, 0.29) is 5.54 Å². The molecule has 20 heavy (non-hydrogen) atoms. The molecule has 0 aliphatic carbocycles. The summed E-state index contributed by atoms with van der Waals surface area (Å²) in [6.07, 6.45) is 2.99. The van der Waals surface area contributed by atoms with Crippen LogP contribution in [0.1, 0.15) is 30.8 Å². The van der Waals surface area contributed by atoms with E-state index in [1.54, 1.807) is 11.3 Å². The number of aromatic nitrogens is 1. The van der Waals surface area contributed by atoms with Crippen LogP contribution in [0, 0.1) is 5.92 Å². The van der Waals surface area contributed by atoms with Gasteiger partial charge >= 0.3 is 0 Å². The molecule has 3 rings (SSSR count). The molecule has 1 N–H and O–H groups in total. The summed E-state index contributed by atoms with van der Waals surface area (Å²) in [6, 6.07) is 8.32. The standard InChI is InChI=1S/C16H20N2OS/c1-3-8-18-16(15-17-9-10-20-15)12(2)11-19-14-7-5-4-6-13(14)16/h4-7,9-10,12,18H,3,8,11H2,1-2H3. The molecule has 106 valence electrons. The van der Waals surface area contributed by atoms with E-state index in [0.29, 0.717) is 12.5 Å². The zero-order chi connectivity index (χ0) is 14.0. The van der Waals surface area contributed by atoms with E-state index in [4.69, 9.17) is 4.74 Å². The van der Waals surface area contributed by atoms with Gasteiger partial charge in [-0.1, -0.05) is 32.0 Å². The van der Waals surface area contributed by atoms with Crippen LogP contribution in [0.15, 0.2) is 35.8 Å². The van der Waals surface area contributed by atoms with E-state index in [2.05, 4.69) is 47.7 Å². The van der Waals surface area contributed by atoms with Crippen LogP contribution < -0.4 is 10.1 Å². The molecule has 1 aromatic carbocycles. The van der Waals surface area contributed by atoms with Crippen LogP contribution in [0.25, 0.3) is 0 Å². The molecule has 0 spiro atoms. The lowest BCUT2D eigenvalue weighted by Crippen LogP contribution is -2.52. The highest BCUT2D eigenvalue weighted by Crippen LogP contribution is 2.45. The van der Waals surface area contributed by atoms with E-state index >= 15 is 0 Å². The lowest BCUT2D eigenvalue weighted by Gasteiger charge is -2.43. The van der Waals surface area contributed by atoms with Crippen molar-refractivity contribution in [3.63, 3.8) is 0 Å². The lowest BCUT2D eigenvalue weighted by molar-refractivity contribution is 0.140. The minimum absolute atomic E-state index is 0.223. The van der Waals surface area contributed by atoms with Crippen molar-refractivity contribution in [1.29, 1.82) is 0 Å². The summed E-state index contributed by atoms with van der Waals surface area (Å²) >= 11 is 1.72. The Morgan fingerprint density at radius 3 is 3.05 bits per heavy atom. The number of fused-ring (bicyclic) bond motifs is 1. The van der Waals surface area contributed by atoms with Gasteiger partial charge in [0.1, 0.15) is 16.3 Å². The van der Waals surface area contributed by atoms with Gasteiger partial charge in [0.2, 0.25) is 0 Å². The molecule has 0 fully saturated rings. The second kappa shape index (κ2) is 5.54. The lowest BCUT2D eigenvalue weighted by atomic mass is 9.77. The second-order valence-corrected chi connectivity index (χ2v) is 6.17. The Bertz CT molecular complexity index is 570. The van der Waals surface area contributed by atoms with Crippen molar-refractivity contribution < 1.29 is 4.74 Å². The van der Waals surface area contributed by atoms with E-state index in [9.17, 15) is 0 Å². The van der Waals surface area contributed by atoms with Gasteiger partial charge < -0.3 is 10.1 Å². The van der Waals surface area contributed by atoms with Crippen LogP contribution in [-0.2, 0) is 5.54 Å². The summed E-state index contributed by atoms with van der Waals surface area (Å²) in [4.78, 5) is 4.61. The fourth-order valence-corrected chi connectivity index (χ4v) is 3.88. The van der Waals surface area contributed by atoms with E-state index in [0.717, 1.165) is 23.7 Å². The quantitative estimate of drug-likeness (QED) is 0.936. The number of nitrogens with one attached hydrogen (secondary N) is 1. The van der Waals surface area contributed by atoms with Gasteiger partial charge in [-0.15, -0.1) is 11.3 Å². The molecule has 1 aliphatic heterocycles. The zero-order valence-corrected chi connectivity index (χ0v) is 12.7. The van der Waals surface area contributed by atoms with Crippen LogP contribution in [0.4, 0.5) is 0 Å². The number of rotatable bonds is 4. The minimum Gasteiger partial charge on any atom is -0.493 e. The van der Waals surface area contributed by atoms with E-state index in [1.807, 2.05) is 12.3 Å². The van der Waals surface area contributed by atoms with Gasteiger partial charge in [0.05, 0.1) is 6.61 Å². The first-order valence-electron chi connectivity index (χ1n) is 7.16. The molecule has 3 nitrogen and oxygen atoms in total. The van der Waals surface area contributed by atoms with Crippen LogP contribution in [0.5, 0.6) is 5.75 Å². The van der Waals surface area contributed by atoms with Crippen LogP contribution >= 0.6 is 11.3 Å². The Balaban J connectivity index is 2.17. The molecule has 2 heterocycles. The number of hydrogen-bond acceptors (Lipinski definition) is 4. The van der Waals surface area contributed by atoms with E-state index in [1.165, 1.54) is 5.56 Å². The summed E-state index contributed by atoms with van der Waals surface area (Å²) < 4.78 is 5.91. The molecule has 2 atom stereocenters. The number of benzene rings is 1. The Labute approximate surface area is 124 Å². The number of thiazole rings is 1. The monoisotopic (exact) mass is 288 g/mol. The normalized spacial score (nSPS) is 25.0. The molecule has 1 aromatic heterocycles. The minimum atomic E-state index is -0.223. The van der Waals surface area contributed by atoms with Crippen molar-refractivity contribution in [2.45, 2.75) is 25.8 Å². The summed E-state index contributed by atoms with van der Waals surface area (Å²) in [5.74, 6) is 1.32. The van der Waals surface area contributed by atoms with Gasteiger partial charge in [0.15, 0.2) is 0 Å². The highest BCUT2D eigenvalue weighted by Gasteiger charge is 2.46. The molecule has 2 aromatic rings. The number of ether oxygens (including phenoxy) is 1. The molecule has 0 amide bonds. The molecule has 0 saturated carbocycles. The fraction of sp³-hybridized carbons (Fsp3) is 0.438. The molecule has 4 heteroatoms. The largest absolute Gasteiger partial charge is 0.493 e. The third-order valence-corrected chi connectivity index (χ3v) is 4.87. The van der Waals surface area contributed by atoms with Crippen molar-refractivity contribution in [3.05, 3.63) is 46.4 Å². The smallest absolute Gasteiger partial charge is 0.124 e. The predicted octanol–water partition coefficient (Wildman–Crippen LogP) is 3.41. The first-order chi connectivity index (χ1) is 9.79. The summed E-state index contributed by atoms with van der Waals surface area (Å²) in [6.45, 7) is 6.12. The average Bonchev–Trinajstić information content (AvgIpc) is 3.01. The van der Waals surface area contributed by atoms with Crippen LogP contribution in [0.3, 0.4) is 0 Å². The van der Waals surface area contributed by atoms with Crippen molar-refractivity contribution in [2.24, 2.45) is 5.92 Å². The first kappa shape index (κ1) is 13.6. The van der Waals surface area contributed by atoms with E-state index < -0.39 is 0 Å². The van der Waals surface area contributed by atoms with Gasteiger partial charge in [-0.2, -0.15) is 0 Å². The van der Waals surface area contributed by atoms with Crippen LogP contribution in [-0.4, -0.2) is 18.1 Å². The van der Waals surface area contributed by atoms with Gasteiger partial charge in [-0.3, -0.25) is 0 Å². The van der Waals surface area contributed by atoms with Gasteiger partial charge in [0, 0.05) is 23.1 Å². The van der Waals surface area contributed by atoms with Gasteiger partial charge in [-0.25, -0.2) is 4.98 Å². The van der Waals surface area contributed by atoms with Crippen molar-refractivity contribution >= 4 is 11.3 Å². The highest BCUT2D eigenvalue weighted by atomic mass is 32.1. The Kier molecular flexibility index (Phi) is 3.76. The first-order valence-corrected chi connectivity index (χ1v) is 8.04. The molecule has 1 aliphatic rings. The Morgan fingerprint density at radius 1 is 1.45 bits per heavy atom. The zero-order valence-electron chi connectivity index (χ0n) is 11.9.